The first-order valence-corrected chi connectivity index (χ1v) is 6.21. The number of hydrogen-bond acceptors (Lipinski definition) is 4. The summed E-state index contributed by atoms with van der Waals surface area (Å²) < 4.78 is 2.21. The van der Waals surface area contributed by atoms with Gasteiger partial charge < -0.3 is 14.8 Å². The molecule has 18 heavy (non-hydrogen) atoms. The van der Waals surface area contributed by atoms with Crippen LogP contribution in [0.15, 0.2) is 30.7 Å². The summed E-state index contributed by atoms with van der Waals surface area (Å²) in [5, 5.41) is 3.13. The molecule has 5 nitrogen and oxygen atoms in total. The quantitative estimate of drug-likeness (QED) is 0.874. The zero-order chi connectivity index (χ0) is 12.4. The van der Waals surface area contributed by atoms with E-state index < -0.39 is 0 Å². The number of anilines is 1. The lowest BCUT2D eigenvalue weighted by molar-refractivity contribution is 0.559. The van der Waals surface area contributed by atoms with Gasteiger partial charge in [0.25, 0.3) is 0 Å². The van der Waals surface area contributed by atoms with Crippen LogP contribution >= 0.6 is 0 Å². The molecule has 0 atom stereocenters. The summed E-state index contributed by atoms with van der Waals surface area (Å²) in [5.41, 5.74) is 2.30. The van der Waals surface area contributed by atoms with Gasteiger partial charge in [0.1, 0.15) is 5.82 Å². The third kappa shape index (κ3) is 2.09. The van der Waals surface area contributed by atoms with Gasteiger partial charge in [-0.05, 0) is 19.2 Å². The predicted octanol–water partition coefficient (Wildman–Crippen LogP) is 1.02. The van der Waals surface area contributed by atoms with E-state index in [0.29, 0.717) is 0 Å². The van der Waals surface area contributed by atoms with E-state index in [-0.39, 0.29) is 0 Å². The van der Waals surface area contributed by atoms with E-state index in [0.717, 1.165) is 37.7 Å². The Kier molecular flexibility index (Phi) is 2.98. The molecule has 2 aromatic rings. The topological polar surface area (TPSA) is 46.0 Å². The van der Waals surface area contributed by atoms with E-state index in [1.165, 1.54) is 5.69 Å². The maximum absolute atomic E-state index is 4.38. The summed E-state index contributed by atoms with van der Waals surface area (Å²) >= 11 is 0. The highest BCUT2D eigenvalue weighted by Gasteiger charge is 2.16. The summed E-state index contributed by atoms with van der Waals surface area (Å²) in [7, 11) is 1.94. The van der Waals surface area contributed by atoms with Crippen LogP contribution in [0.25, 0.3) is 0 Å². The molecule has 0 aliphatic carbocycles. The van der Waals surface area contributed by atoms with Crippen molar-refractivity contribution in [3.8, 4) is 0 Å². The fourth-order valence-electron chi connectivity index (χ4n) is 2.33. The van der Waals surface area contributed by atoms with Crippen molar-refractivity contribution in [2.45, 2.75) is 19.6 Å². The average Bonchev–Trinajstić information content (AvgIpc) is 2.86. The van der Waals surface area contributed by atoms with Crippen molar-refractivity contribution in [2.24, 2.45) is 0 Å². The van der Waals surface area contributed by atoms with Gasteiger partial charge in [-0.25, -0.2) is 4.98 Å². The first-order valence-electron chi connectivity index (χ1n) is 6.21. The van der Waals surface area contributed by atoms with E-state index >= 15 is 0 Å². The van der Waals surface area contributed by atoms with Gasteiger partial charge >= 0.3 is 0 Å². The fourth-order valence-corrected chi connectivity index (χ4v) is 2.33. The van der Waals surface area contributed by atoms with Crippen molar-refractivity contribution in [1.29, 1.82) is 0 Å². The van der Waals surface area contributed by atoms with Gasteiger partial charge in [-0.1, -0.05) is 0 Å². The van der Waals surface area contributed by atoms with Crippen LogP contribution in [-0.4, -0.2) is 28.1 Å². The highest BCUT2D eigenvalue weighted by molar-refractivity contribution is 5.47. The number of nitrogens with one attached hydrogen (secondary N) is 1. The van der Waals surface area contributed by atoms with Crippen molar-refractivity contribution >= 4 is 5.69 Å². The Hall–Kier alpha value is -1.88. The zero-order valence-electron chi connectivity index (χ0n) is 10.5. The van der Waals surface area contributed by atoms with Crippen molar-refractivity contribution in [2.75, 3.05) is 18.5 Å². The molecule has 1 aliphatic heterocycles. The molecule has 0 bridgehead atoms. The van der Waals surface area contributed by atoms with Gasteiger partial charge in [0, 0.05) is 43.9 Å². The van der Waals surface area contributed by atoms with Gasteiger partial charge in [0.15, 0.2) is 0 Å². The van der Waals surface area contributed by atoms with Crippen LogP contribution in [0, 0.1) is 0 Å². The second-order valence-corrected chi connectivity index (χ2v) is 4.49. The Morgan fingerprint density at radius 1 is 1.28 bits per heavy atom. The first kappa shape index (κ1) is 11.2. The number of aromatic nitrogens is 3. The van der Waals surface area contributed by atoms with E-state index in [1.54, 1.807) is 0 Å². The molecule has 0 saturated carbocycles. The lowest BCUT2D eigenvalue weighted by atomic mass is 10.2. The molecule has 2 aromatic heterocycles. The number of pyridine rings is 1. The lowest BCUT2D eigenvalue weighted by Gasteiger charge is -2.29. The smallest absolute Gasteiger partial charge is 0.128 e. The van der Waals surface area contributed by atoms with Gasteiger partial charge in [-0.2, -0.15) is 0 Å². The highest BCUT2D eigenvalue weighted by atomic mass is 15.2. The van der Waals surface area contributed by atoms with Crippen molar-refractivity contribution < 1.29 is 0 Å². The molecular formula is C13H17N5. The normalized spacial score (nSPS) is 14.6. The molecular weight excluding hydrogens is 226 g/mol. The highest BCUT2D eigenvalue weighted by Crippen LogP contribution is 2.20. The Bertz CT molecular complexity index is 534. The minimum atomic E-state index is 0.802. The molecule has 0 aromatic carbocycles. The summed E-state index contributed by atoms with van der Waals surface area (Å²) in [6.45, 7) is 3.69. The second-order valence-electron chi connectivity index (χ2n) is 4.49. The molecule has 94 valence electrons. The maximum atomic E-state index is 4.38. The second kappa shape index (κ2) is 4.78. The summed E-state index contributed by atoms with van der Waals surface area (Å²) in [4.78, 5) is 11.1. The van der Waals surface area contributed by atoms with Crippen LogP contribution in [0.5, 0.6) is 0 Å². The minimum absolute atomic E-state index is 0.802. The maximum Gasteiger partial charge on any atom is 0.128 e. The summed E-state index contributed by atoms with van der Waals surface area (Å²) in [5.74, 6) is 1.13. The lowest BCUT2D eigenvalue weighted by Crippen LogP contribution is -2.33. The first-order chi connectivity index (χ1) is 8.86. The van der Waals surface area contributed by atoms with Crippen molar-refractivity contribution in [3.05, 3.63) is 42.2 Å². The van der Waals surface area contributed by atoms with E-state index in [2.05, 4.69) is 36.9 Å². The monoisotopic (exact) mass is 243 g/mol. The standard InChI is InChI=1S/C13H17N5/c1-14-9-11-8-12(2-3-15-11)18-7-6-17-5-4-16-13(17)10-18/h2-5,8,14H,6-7,9-10H2,1H3. The van der Waals surface area contributed by atoms with Crippen LogP contribution < -0.4 is 10.2 Å². The van der Waals surface area contributed by atoms with Crippen LogP contribution in [0.2, 0.25) is 0 Å². The van der Waals surface area contributed by atoms with Gasteiger partial charge in [0.2, 0.25) is 0 Å². The molecule has 0 unspecified atom stereocenters. The summed E-state index contributed by atoms with van der Waals surface area (Å²) in [6, 6.07) is 4.22. The summed E-state index contributed by atoms with van der Waals surface area (Å²) in [6.07, 6.45) is 5.80. The Morgan fingerprint density at radius 3 is 3.11 bits per heavy atom. The molecule has 5 heteroatoms. The van der Waals surface area contributed by atoms with E-state index in [4.69, 9.17) is 0 Å². The predicted molar refractivity (Wildman–Crippen MR) is 70.3 cm³/mol. The molecule has 3 heterocycles. The molecule has 0 amide bonds. The number of hydrogen-bond donors (Lipinski definition) is 1. The number of nitrogens with zero attached hydrogens (tertiary/aromatic N) is 4. The Labute approximate surface area is 106 Å². The number of fused-ring (bicyclic) bond motifs is 1. The third-order valence-electron chi connectivity index (χ3n) is 3.27. The average molecular weight is 243 g/mol. The molecule has 0 radical (unpaired) electrons. The number of rotatable bonds is 3. The van der Waals surface area contributed by atoms with Crippen molar-refractivity contribution in [3.63, 3.8) is 0 Å². The van der Waals surface area contributed by atoms with Crippen molar-refractivity contribution in [1.82, 2.24) is 19.9 Å². The van der Waals surface area contributed by atoms with Crippen LogP contribution in [0.4, 0.5) is 5.69 Å². The van der Waals surface area contributed by atoms with Gasteiger partial charge in [-0.15, -0.1) is 0 Å². The SMILES string of the molecule is CNCc1cc(N2CCn3ccnc3C2)ccn1. The van der Waals surface area contributed by atoms with E-state index in [9.17, 15) is 0 Å². The Balaban J connectivity index is 1.81. The molecule has 3 rings (SSSR count). The number of imidazole rings is 1. The Morgan fingerprint density at radius 2 is 2.22 bits per heavy atom. The third-order valence-corrected chi connectivity index (χ3v) is 3.27. The molecule has 1 aliphatic rings. The molecule has 1 N–H and O–H groups in total. The van der Waals surface area contributed by atoms with Crippen LogP contribution in [0.3, 0.4) is 0 Å². The van der Waals surface area contributed by atoms with Crippen LogP contribution in [-0.2, 0) is 19.6 Å². The van der Waals surface area contributed by atoms with E-state index in [1.807, 2.05) is 25.6 Å². The molecule has 0 spiro atoms. The van der Waals surface area contributed by atoms with Crippen LogP contribution in [0.1, 0.15) is 11.5 Å². The largest absolute Gasteiger partial charge is 0.362 e. The van der Waals surface area contributed by atoms with Gasteiger partial charge in [-0.3, -0.25) is 4.98 Å². The van der Waals surface area contributed by atoms with Gasteiger partial charge in [0.05, 0.1) is 12.2 Å². The molecule has 0 fully saturated rings. The fraction of sp³-hybridized carbons (Fsp3) is 0.385. The zero-order valence-corrected chi connectivity index (χ0v) is 10.5. The minimum Gasteiger partial charge on any atom is -0.362 e. The molecule has 0 saturated heterocycles.